The molecule has 2 saturated heterocycles. The topological polar surface area (TPSA) is 29.5 Å². The second kappa shape index (κ2) is 3.23. The molecule has 1 amide bonds. The van der Waals surface area contributed by atoms with Gasteiger partial charge in [0.25, 0.3) is 0 Å². The van der Waals surface area contributed by atoms with Crippen molar-refractivity contribution >= 4 is 11.6 Å². The van der Waals surface area contributed by atoms with Crippen LogP contribution in [0.1, 0.15) is 12.0 Å². The van der Waals surface area contributed by atoms with Gasteiger partial charge in [0.05, 0.1) is 18.6 Å². The van der Waals surface area contributed by atoms with Gasteiger partial charge in [-0.1, -0.05) is 29.8 Å². The number of hydrogen-bond donors (Lipinski definition) is 0. The van der Waals surface area contributed by atoms with Crippen molar-refractivity contribution in [1.82, 2.24) is 0 Å². The average molecular weight is 241 g/mol. The van der Waals surface area contributed by atoms with Crippen LogP contribution in [-0.4, -0.2) is 24.2 Å². The fraction of sp³-hybridized carbons (Fsp3) is 0.400. The minimum absolute atomic E-state index is 0.0220. The van der Waals surface area contributed by atoms with Crippen LogP contribution in [0.25, 0.3) is 0 Å². The van der Waals surface area contributed by atoms with Crippen LogP contribution in [0.3, 0.4) is 0 Å². The number of hydrogen-bond acceptors (Lipinski definition) is 2. The van der Waals surface area contributed by atoms with Gasteiger partial charge in [0, 0.05) is 5.69 Å². The van der Waals surface area contributed by atoms with Gasteiger partial charge in [-0.15, -0.1) is 0 Å². The first-order valence-electron chi connectivity index (χ1n) is 6.43. The molecule has 1 aromatic rings. The van der Waals surface area contributed by atoms with Gasteiger partial charge < -0.3 is 9.64 Å². The number of rotatable bonds is 1. The van der Waals surface area contributed by atoms with Crippen LogP contribution in [0.4, 0.5) is 5.69 Å². The Morgan fingerprint density at radius 3 is 2.78 bits per heavy atom. The van der Waals surface area contributed by atoms with Crippen molar-refractivity contribution < 1.29 is 9.53 Å². The van der Waals surface area contributed by atoms with Crippen molar-refractivity contribution in [2.75, 3.05) is 11.4 Å². The molecule has 4 rings (SSSR count). The van der Waals surface area contributed by atoms with Gasteiger partial charge in [0.1, 0.15) is 5.60 Å². The lowest BCUT2D eigenvalue weighted by Gasteiger charge is -2.21. The maximum absolute atomic E-state index is 12.5. The molecule has 0 aliphatic carbocycles. The SMILES string of the molecule is Cc1ccc(N2CC34C=CC(CC3C2=O)O4)cc1. The normalized spacial score (nSPS) is 36.5. The van der Waals surface area contributed by atoms with E-state index < -0.39 is 0 Å². The van der Waals surface area contributed by atoms with Crippen LogP contribution in [-0.2, 0) is 9.53 Å². The van der Waals surface area contributed by atoms with Gasteiger partial charge in [0.2, 0.25) is 5.91 Å². The minimum Gasteiger partial charge on any atom is -0.361 e. The third-order valence-electron chi connectivity index (χ3n) is 4.34. The highest BCUT2D eigenvalue weighted by molar-refractivity contribution is 5.99. The van der Waals surface area contributed by atoms with E-state index in [1.54, 1.807) is 0 Å². The van der Waals surface area contributed by atoms with Crippen molar-refractivity contribution in [2.45, 2.75) is 25.0 Å². The van der Waals surface area contributed by atoms with Gasteiger partial charge >= 0.3 is 0 Å². The van der Waals surface area contributed by atoms with E-state index in [2.05, 4.69) is 19.1 Å². The van der Waals surface area contributed by atoms with E-state index in [1.807, 2.05) is 29.2 Å². The number of benzene rings is 1. The number of ether oxygens (including phenoxy) is 1. The number of anilines is 1. The van der Waals surface area contributed by atoms with Gasteiger partial charge in [-0.2, -0.15) is 0 Å². The first-order valence-corrected chi connectivity index (χ1v) is 6.43. The smallest absolute Gasteiger partial charge is 0.233 e. The zero-order valence-corrected chi connectivity index (χ0v) is 10.3. The quantitative estimate of drug-likeness (QED) is 0.704. The first-order chi connectivity index (χ1) is 8.68. The number of carbonyl (C=O) groups excluding carboxylic acids is 1. The number of nitrogens with zero attached hydrogens (tertiary/aromatic N) is 1. The van der Waals surface area contributed by atoms with Crippen molar-refractivity contribution in [1.29, 1.82) is 0 Å². The van der Waals surface area contributed by atoms with E-state index in [0.717, 1.165) is 12.1 Å². The Bertz CT molecular complexity index is 548. The van der Waals surface area contributed by atoms with Gasteiger partial charge in [-0.05, 0) is 25.5 Å². The van der Waals surface area contributed by atoms with E-state index in [0.29, 0.717) is 6.54 Å². The van der Waals surface area contributed by atoms with Crippen LogP contribution in [0, 0.1) is 12.8 Å². The highest BCUT2D eigenvalue weighted by atomic mass is 16.5. The Labute approximate surface area is 106 Å². The lowest BCUT2D eigenvalue weighted by molar-refractivity contribution is -0.121. The molecule has 1 aromatic carbocycles. The summed E-state index contributed by atoms with van der Waals surface area (Å²) < 4.78 is 5.96. The number of aryl methyl sites for hydroxylation is 1. The van der Waals surface area contributed by atoms with Crippen LogP contribution < -0.4 is 4.90 Å². The Morgan fingerprint density at radius 1 is 1.33 bits per heavy atom. The van der Waals surface area contributed by atoms with Crippen LogP contribution >= 0.6 is 0 Å². The molecule has 3 heterocycles. The summed E-state index contributed by atoms with van der Waals surface area (Å²) in [7, 11) is 0. The molecule has 3 unspecified atom stereocenters. The van der Waals surface area contributed by atoms with E-state index in [4.69, 9.17) is 4.74 Å². The maximum Gasteiger partial charge on any atom is 0.233 e. The zero-order chi connectivity index (χ0) is 12.3. The molecule has 0 saturated carbocycles. The molecule has 3 atom stereocenters. The van der Waals surface area contributed by atoms with Gasteiger partial charge in [0.15, 0.2) is 0 Å². The average Bonchev–Trinajstić information content (AvgIpc) is 3.01. The zero-order valence-electron chi connectivity index (χ0n) is 10.3. The molecule has 3 heteroatoms. The van der Waals surface area contributed by atoms with Crippen molar-refractivity contribution in [3.63, 3.8) is 0 Å². The van der Waals surface area contributed by atoms with E-state index in [1.165, 1.54) is 5.56 Å². The molecular weight excluding hydrogens is 226 g/mol. The van der Waals surface area contributed by atoms with Crippen LogP contribution in [0.2, 0.25) is 0 Å². The fourth-order valence-electron chi connectivity index (χ4n) is 3.35. The highest BCUT2D eigenvalue weighted by Crippen LogP contribution is 2.49. The summed E-state index contributed by atoms with van der Waals surface area (Å²) in [6, 6.07) is 8.12. The molecule has 2 fully saturated rings. The second-order valence-electron chi connectivity index (χ2n) is 5.52. The first kappa shape index (κ1) is 10.3. The van der Waals surface area contributed by atoms with Crippen molar-refractivity contribution in [2.24, 2.45) is 5.92 Å². The number of fused-ring (bicyclic) bond motifs is 1. The molecule has 0 radical (unpaired) electrons. The molecule has 0 N–H and O–H groups in total. The summed E-state index contributed by atoms with van der Waals surface area (Å²) in [5.74, 6) is 0.236. The van der Waals surface area contributed by atoms with Gasteiger partial charge in [-0.25, -0.2) is 0 Å². The molecule has 92 valence electrons. The summed E-state index contributed by atoms with van der Waals surface area (Å²) in [5, 5.41) is 0. The molecule has 1 spiro atoms. The summed E-state index contributed by atoms with van der Waals surface area (Å²) in [5.41, 5.74) is 1.85. The Balaban J connectivity index is 1.71. The Hall–Kier alpha value is -1.61. The molecule has 2 bridgehead atoms. The predicted molar refractivity (Wildman–Crippen MR) is 68.4 cm³/mol. The lowest BCUT2D eigenvalue weighted by Crippen LogP contribution is -2.33. The van der Waals surface area contributed by atoms with Crippen LogP contribution in [0.5, 0.6) is 0 Å². The third-order valence-corrected chi connectivity index (χ3v) is 4.34. The standard InChI is InChI=1S/C15H15NO2/c1-10-2-4-11(5-3-10)16-9-15-7-6-12(18-15)8-13(15)14(16)17/h2-7,12-13H,8-9H2,1H3. The molecule has 3 aliphatic heterocycles. The third kappa shape index (κ3) is 1.20. The molecule has 3 aliphatic rings. The molecule has 0 aromatic heterocycles. The Morgan fingerprint density at radius 2 is 2.11 bits per heavy atom. The predicted octanol–water partition coefficient (Wildman–Crippen LogP) is 2.06. The van der Waals surface area contributed by atoms with E-state index in [9.17, 15) is 4.79 Å². The van der Waals surface area contributed by atoms with E-state index >= 15 is 0 Å². The van der Waals surface area contributed by atoms with Crippen molar-refractivity contribution in [3.05, 3.63) is 42.0 Å². The molecule has 3 nitrogen and oxygen atoms in total. The highest BCUT2D eigenvalue weighted by Gasteiger charge is 2.60. The van der Waals surface area contributed by atoms with Gasteiger partial charge in [-0.3, -0.25) is 4.79 Å². The summed E-state index contributed by atoms with van der Waals surface area (Å²) in [6.45, 7) is 2.71. The monoisotopic (exact) mass is 241 g/mol. The lowest BCUT2D eigenvalue weighted by atomic mass is 9.86. The second-order valence-corrected chi connectivity index (χ2v) is 5.52. The van der Waals surface area contributed by atoms with E-state index in [-0.39, 0.29) is 23.5 Å². The van der Waals surface area contributed by atoms with Crippen LogP contribution in [0.15, 0.2) is 36.4 Å². The maximum atomic E-state index is 12.5. The fourth-order valence-corrected chi connectivity index (χ4v) is 3.35. The van der Waals surface area contributed by atoms with Crippen molar-refractivity contribution in [3.8, 4) is 0 Å². The molecule has 18 heavy (non-hydrogen) atoms. The summed E-state index contributed by atoms with van der Waals surface area (Å²) in [4.78, 5) is 14.3. The summed E-state index contributed by atoms with van der Waals surface area (Å²) in [6.07, 6.45) is 5.21. The molecular formula is C15H15NO2. The number of carbonyl (C=O) groups is 1. The largest absolute Gasteiger partial charge is 0.361 e. The minimum atomic E-state index is -0.341. The Kier molecular flexibility index (Phi) is 1.86. The number of amides is 1. The summed E-state index contributed by atoms with van der Waals surface area (Å²) >= 11 is 0.